The number of aromatic nitrogens is 1. The molecule has 0 atom stereocenters. The number of ether oxygens (including phenoxy) is 1. The van der Waals surface area contributed by atoms with Gasteiger partial charge in [0.2, 0.25) is 5.91 Å². The molecule has 122 valence electrons. The second-order valence-electron chi connectivity index (χ2n) is 4.62. The Hall–Kier alpha value is -2.12. The lowest BCUT2D eigenvalue weighted by Crippen LogP contribution is -2.35. The molecule has 1 aromatic heterocycles. The van der Waals surface area contributed by atoms with E-state index < -0.39 is 0 Å². The fourth-order valence-electron chi connectivity index (χ4n) is 1.73. The number of nitrogens with one attached hydrogen (secondary N) is 2. The molecule has 23 heavy (non-hydrogen) atoms. The maximum Gasteiger partial charge on any atom is 0.263 e. The number of likely N-dealkylation sites (N-methyl/N-ethyl adjacent to an activating group) is 1. The van der Waals surface area contributed by atoms with Gasteiger partial charge in [-0.2, -0.15) is 0 Å². The van der Waals surface area contributed by atoms with Crippen molar-refractivity contribution in [3.8, 4) is 5.75 Å². The van der Waals surface area contributed by atoms with Crippen LogP contribution < -0.4 is 15.4 Å². The summed E-state index contributed by atoms with van der Waals surface area (Å²) in [5.41, 5.74) is 0.610. The second kappa shape index (κ2) is 7.94. The van der Waals surface area contributed by atoms with Gasteiger partial charge < -0.3 is 15.4 Å². The number of nitrogens with zero attached hydrogens (tertiary/aromatic N) is 1. The lowest BCUT2D eigenvalue weighted by atomic mass is 10.3. The van der Waals surface area contributed by atoms with Gasteiger partial charge in [-0.3, -0.25) is 9.59 Å². The lowest BCUT2D eigenvalue weighted by Gasteiger charge is -2.03. The van der Waals surface area contributed by atoms with Crippen molar-refractivity contribution in [2.24, 2.45) is 0 Å². The summed E-state index contributed by atoms with van der Waals surface area (Å²) < 4.78 is 5.60. The summed E-state index contributed by atoms with van der Waals surface area (Å²) >= 11 is 7.05. The number of aryl methyl sites for hydroxylation is 1. The monoisotopic (exact) mass is 353 g/mol. The largest absolute Gasteiger partial charge is 0.486 e. The molecule has 2 aromatic rings. The summed E-state index contributed by atoms with van der Waals surface area (Å²) in [5, 5.41) is 6.31. The van der Waals surface area contributed by atoms with Crippen LogP contribution in [0.25, 0.3) is 0 Å². The number of benzene rings is 1. The van der Waals surface area contributed by atoms with Gasteiger partial charge in [0.1, 0.15) is 22.2 Å². The van der Waals surface area contributed by atoms with Crippen molar-refractivity contribution in [2.75, 3.05) is 13.6 Å². The first kappa shape index (κ1) is 17.2. The third kappa shape index (κ3) is 4.94. The van der Waals surface area contributed by atoms with Crippen LogP contribution in [0.3, 0.4) is 0 Å². The molecule has 0 spiro atoms. The molecule has 2 rings (SSSR count). The van der Waals surface area contributed by atoms with Gasteiger partial charge in [0, 0.05) is 12.1 Å². The molecule has 2 N–H and O–H groups in total. The zero-order chi connectivity index (χ0) is 16.8. The summed E-state index contributed by atoms with van der Waals surface area (Å²) in [7, 11) is 1.51. The number of hydrogen-bond acceptors (Lipinski definition) is 5. The van der Waals surface area contributed by atoms with Crippen LogP contribution in [0.15, 0.2) is 24.3 Å². The van der Waals surface area contributed by atoms with E-state index in [1.807, 2.05) is 0 Å². The van der Waals surface area contributed by atoms with Crippen LogP contribution in [-0.4, -0.2) is 30.4 Å². The molecule has 0 fully saturated rings. The maximum atomic E-state index is 12.0. The Morgan fingerprint density at radius 3 is 2.65 bits per heavy atom. The SMILES string of the molecule is CNC(=O)CNC(=O)c1sc(COc2ccc(Cl)cc2)nc1C. The Labute approximate surface area is 142 Å². The van der Waals surface area contributed by atoms with Crippen molar-refractivity contribution in [3.05, 3.63) is 44.9 Å². The van der Waals surface area contributed by atoms with E-state index in [0.717, 1.165) is 0 Å². The highest BCUT2D eigenvalue weighted by atomic mass is 35.5. The average Bonchev–Trinajstić information content (AvgIpc) is 2.92. The fraction of sp³-hybridized carbons (Fsp3) is 0.267. The van der Waals surface area contributed by atoms with E-state index in [1.54, 1.807) is 31.2 Å². The molecular weight excluding hydrogens is 338 g/mol. The number of halogens is 1. The van der Waals surface area contributed by atoms with Gasteiger partial charge in [-0.25, -0.2) is 4.98 Å². The van der Waals surface area contributed by atoms with E-state index in [1.165, 1.54) is 18.4 Å². The van der Waals surface area contributed by atoms with Crippen molar-refractivity contribution in [2.45, 2.75) is 13.5 Å². The Morgan fingerprint density at radius 1 is 1.30 bits per heavy atom. The van der Waals surface area contributed by atoms with Crippen LogP contribution in [0.2, 0.25) is 5.02 Å². The highest BCUT2D eigenvalue weighted by molar-refractivity contribution is 7.13. The predicted octanol–water partition coefficient (Wildman–Crippen LogP) is 2.16. The van der Waals surface area contributed by atoms with Gasteiger partial charge in [0.15, 0.2) is 0 Å². The van der Waals surface area contributed by atoms with E-state index in [0.29, 0.717) is 26.4 Å². The van der Waals surface area contributed by atoms with Gasteiger partial charge >= 0.3 is 0 Å². The smallest absolute Gasteiger partial charge is 0.263 e. The number of amides is 2. The molecule has 0 saturated heterocycles. The van der Waals surface area contributed by atoms with Gasteiger partial charge in [-0.05, 0) is 31.2 Å². The Balaban J connectivity index is 1.96. The van der Waals surface area contributed by atoms with Gasteiger partial charge in [-0.1, -0.05) is 11.6 Å². The quantitative estimate of drug-likeness (QED) is 0.834. The fourth-order valence-corrected chi connectivity index (χ4v) is 2.75. The predicted molar refractivity (Wildman–Crippen MR) is 89.0 cm³/mol. The summed E-state index contributed by atoms with van der Waals surface area (Å²) in [6, 6.07) is 7.00. The normalized spacial score (nSPS) is 10.2. The molecule has 6 nitrogen and oxygen atoms in total. The molecule has 0 unspecified atom stereocenters. The van der Waals surface area contributed by atoms with Crippen molar-refractivity contribution in [3.63, 3.8) is 0 Å². The zero-order valence-electron chi connectivity index (χ0n) is 12.7. The molecule has 0 radical (unpaired) electrons. The van der Waals surface area contributed by atoms with Crippen LogP contribution in [0, 0.1) is 6.92 Å². The Morgan fingerprint density at radius 2 is 2.00 bits per heavy atom. The third-order valence-electron chi connectivity index (χ3n) is 2.91. The Kier molecular flexibility index (Phi) is 5.95. The summed E-state index contributed by atoms with van der Waals surface area (Å²) in [6.45, 7) is 1.94. The Bertz CT molecular complexity index is 700. The minimum Gasteiger partial charge on any atom is -0.486 e. The first-order valence-electron chi connectivity index (χ1n) is 6.83. The molecule has 0 bridgehead atoms. The molecule has 0 aliphatic rings. The van der Waals surface area contributed by atoms with E-state index in [4.69, 9.17) is 16.3 Å². The number of thiazole rings is 1. The molecule has 8 heteroatoms. The van der Waals surface area contributed by atoms with Crippen molar-refractivity contribution in [1.29, 1.82) is 0 Å². The van der Waals surface area contributed by atoms with Crippen LogP contribution >= 0.6 is 22.9 Å². The van der Waals surface area contributed by atoms with Crippen molar-refractivity contribution >= 4 is 34.8 Å². The van der Waals surface area contributed by atoms with Crippen LogP contribution in [0.4, 0.5) is 0 Å². The second-order valence-corrected chi connectivity index (χ2v) is 6.14. The number of hydrogen-bond donors (Lipinski definition) is 2. The minimum atomic E-state index is -0.318. The molecule has 2 amide bonds. The van der Waals surface area contributed by atoms with Crippen molar-refractivity contribution in [1.82, 2.24) is 15.6 Å². The van der Waals surface area contributed by atoms with Crippen LogP contribution in [0.1, 0.15) is 20.4 Å². The van der Waals surface area contributed by atoms with Crippen LogP contribution in [-0.2, 0) is 11.4 Å². The molecule has 1 aromatic carbocycles. The molecular formula is C15H16ClN3O3S. The lowest BCUT2D eigenvalue weighted by molar-refractivity contribution is -0.119. The number of carbonyl (C=O) groups is 2. The topological polar surface area (TPSA) is 80.3 Å². The minimum absolute atomic E-state index is 0.0662. The highest BCUT2D eigenvalue weighted by Gasteiger charge is 2.16. The average molecular weight is 354 g/mol. The first-order valence-corrected chi connectivity index (χ1v) is 8.02. The van der Waals surface area contributed by atoms with Gasteiger partial charge in [0.05, 0.1) is 12.2 Å². The summed E-state index contributed by atoms with van der Waals surface area (Å²) in [5.74, 6) is 0.0982. The number of carbonyl (C=O) groups excluding carboxylic acids is 2. The van der Waals surface area contributed by atoms with E-state index >= 15 is 0 Å². The van der Waals surface area contributed by atoms with E-state index in [2.05, 4.69) is 15.6 Å². The third-order valence-corrected chi connectivity index (χ3v) is 4.29. The first-order chi connectivity index (χ1) is 11.0. The molecule has 1 heterocycles. The van der Waals surface area contributed by atoms with Crippen molar-refractivity contribution < 1.29 is 14.3 Å². The van der Waals surface area contributed by atoms with Crippen LogP contribution in [0.5, 0.6) is 5.75 Å². The summed E-state index contributed by atoms with van der Waals surface area (Å²) in [4.78, 5) is 28.0. The van der Waals surface area contributed by atoms with Gasteiger partial charge in [0.25, 0.3) is 5.91 Å². The van der Waals surface area contributed by atoms with E-state index in [-0.39, 0.29) is 25.0 Å². The maximum absolute atomic E-state index is 12.0. The molecule has 0 aliphatic carbocycles. The molecule has 0 aliphatic heterocycles. The zero-order valence-corrected chi connectivity index (χ0v) is 14.3. The standard InChI is InChI=1S/C15H16ClN3O3S/c1-9-14(15(21)18-7-12(20)17-2)23-13(19-9)8-22-11-5-3-10(16)4-6-11/h3-6H,7-8H2,1-2H3,(H,17,20)(H,18,21). The summed E-state index contributed by atoms with van der Waals surface area (Å²) in [6.07, 6.45) is 0. The van der Waals surface area contributed by atoms with Gasteiger partial charge in [-0.15, -0.1) is 11.3 Å². The number of rotatable bonds is 6. The van der Waals surface area contributed by atoms with E-state index in [9.17, 15) is 9.59 Å². The highest BCUT2D eigenvalue weighted by Crippen LogP contribution is 2.21. The molecule has 0 saturated carbocycles.